The normalized spacial score (nSPS) is 32.7. The minimum Gasteiger partial charge on any atom is -0.481 e. The molecule has 2 aliphatic rings. The Kier molecular flexibility index (Phi) is 2.66. The van der Waals surface area contributed by atoms with E-state index in [4.69, 9.17) is 0 Å². The highest BCUT2D eigenvalue weighted by Crippen LogP contribution is 2.48. The number of thiazole rings is 1. The van der Waals surface area contributed by atoms with Gasteiger partial charge in [-0.1, -0.05) is 12.2 Å². The zero-order valence-electron chi connectivity index (χ0n) is 9.45. The van der Waals surface area contributed by atoms with Crippen molar-refractivity contribution in [2.45, 2.75) is 6.42 Å². The highest BCUT2D eigenvalue weighted by atomic mass is 32.1. The Balaban J connectivity index is 1.80. The number of carbonyl (C=O) groups is 2. The van der Waals surface area contributed by atoms with E-state index >= 15 is 0 Å². The van der Waals surface area contributed by atoms with Gasteiger partial charge in [0.2, 0.25) is 5.91 Å². The third kappa shape index (κ3) is 1.73. The fourth-order valence-electron chi connectivity index (χ4n) is 2.99. The second kappa shape index (κ2) is 4.20. The van der Waals surface area contributed by atoms with Gasteiger partial charge in [0.15, 0.2) is 5.13 Å². The second-order valence-corrected chi connectivity index (χ2v) is 5.56. The Labute approximate surface area is 108 Å². The topological polar surface area (TPSA) is 79.3 Å². The first-order valence-corrected chi connectivity index (χ1v) is 6.66. The van der Waals surface area contributed by atoms with E-state index in [1.54, 1.807) is 11.6 Å². The average Bonchev–Trinajstić information content (AvgIpc) is 3.03. The quantitative estimate of drug-likeness (QED) is 0.813. The molecule has 94 valence electrons. The maximum absolute atomic E-state index is 12.2. The highest BCUT2D eigenvalue weighted by molar-refractivity contribution is 7.13. The fraction of sp³-hybridized carbons (Fsp3) is 0.417. The van der Waals surface area contributed by atoms with Crippen LogP contribution in [0.25, 0.3) is 0 Å². The van der Waals surface area contributed by atoms with Gasteiger partial charge in [0.25, 0.3) is 0 Å². The van der Waals surface area contributed by atoms with Gasteiger partial charge in [-0.05, 0) is 18.3 Å². The number of carboxylic acids is 1. The largest absolute Gasteiger partial charge is 0.481 e. The Bertz CT molecular complexity index is 511. The summed E-state index contributed by atoms with van der Waals surface area (Å²) in [6.07, 6.45) is 6.27. The molecule has 0 saturated heterocycles. The molecule has 3 rings (SSSR count). The smallest absolute Gasteiger partial charge is 0.307 e. The van der Waals surface area contributed by atoms with Crippen LogP contribution in [0.4, 0.5) is 5.13 Å². The molecule has 1 amide bonds. The molecule has 2 aliphatic carbocycles. The summed E-state index contributed by atoms with van der Waals surface area (Å²) in [6.45, 7) is 0. The van der Waals surface area contributed by atoms with Crippen molar-refractivity contribution in [1.29, 1.82) is 0 Å². The van der Waals surface area contributed by atoms with E-state index in [0.717, 1.165) is 6.42 Å². The van der Waals surface area contributed by atoms with Crippen molar-refractivity contribution >= 4 is 28.3 Å². The lowest BCUT2D eigenvalue weighted by atomic mass is 9.82. The predicted octanol–water partition coefficient (Wildman–Crippen LogP) is 1.60. The molecule has 0 aromatic carbocycles. The standard InChI is InChI=1S/C12H12N2O3S/c15-10(14-12-13-3-4-18-12)8-6-1-2-7(5-6)9(8)11(16)17/h1-4,6-9H,5H2,(H,16,17)(H,13,14,15)/t6-,7-,8+,9-/m0/s1. The average molecular weight is 264 g/mol. The zero-order chi connectivity index (χ0) is 12.7. The molecule has 0 unspecified atom stereocenters. The summed E-state index contributed by atoms with van der Waals surface area (Å²) in [5.74, 6) is -2.13. The van der Waals surface area contributed by atoms with E-state index in [9.17, 15) is 14.7 Å². The molecule has 6 heteroatoms. The predicted molar refractivity (Wildman–Crippen MR) is 66.1 cm³/mol. The zero-order valence-corrected chi connectivity index (χ0v) is 10.3. The molecule has 18 heavy (non-hydrogen) atoms. The van der Waals surface area contributed by atoms with Crippen molar-refractivity contribution in [1.82, 2.24) is 4.98 Å². The summed E-state index contributed by atoms with van der Waals surface area (Å²) in [6, 6.07) is 0. The Morgan fingerprint density at radius 1 is 1.33 bits per heavy atom. The van der Waals surface area contributed by atoms with E-state index in [1.807, 2.05) is 12.2 Å². The van der Waals surface area contributed by atoms with Crippen LogP contribution < -0.4 is 5.32 Å². The van der Waals surface area contributed by atoms with Crippen LogP contribution in [0.3, 0.4) is 0 Å². The van der Waals surface area contributed by atoms with Crippen LogP contribution in [0.5, 0.6) is 0 Å². The first-order valence-electron chi connectivity index (χ1n) is 5.78. The van der Waals surface area contributed by atoms with E-state index in [1.165, 1.54) is 11.3 Å². The summed E-state index contributed by atoms with van der Waals surface area (Å²) in [5, 5.41) is 14.3. The molecular weight excluding hydrogens is 252 g/mol. The lowest BCUT2D eigenvalue weighted by Gasteiger charge is -2.23. The lowest BCUT2D eigenvalue weighted by molar-refractivity contribution is -0.146. The summed E-state index contributed by atoms with van der Waals surface area (Å²) in [4.78, 5) is 27.4. The molecular formula is C12H12N2O3S. The number of anilines is 1. The van der Waals surface area contributed by atoms with Gasteiger partial charge in [-0.15, -0.1) is 11.3 Å². The fourth-order valence-corrected chi connectivity index (χ4v) is 3.52. The molecule has 1 heterocycles. The van der Waals surface area contributed by atoms with Crippen LogP contribution >= 0.6 is 11.3 Å². The van der Waals surface area contributed by atoms with Crippen molar-refractivity contribution in [3.05, 3.63) is 23.7 Å². The summed E-state index contributed by atoms with van der Waals surface area (Å²) >= 11 is 1.33. The van der Waals surface area contributed by atoms with Crippen LogP contribution in [0.15, 0.2) is 23.7 Å². The van der Waals surface area contributed by atoms with Crippen LogP contribution in [0, 0.1) is 23.7 Å². The number of nitrogens with zero attached hydrogens (tertiary/aromatic N) is 1. The first-order chi connectivity index (χ1) is 8.66. The van der Waals surface area contributed by atoms with Crippen molar-refractivity contribution in [2.24, 2.45) is 23.7 Å². The number of aliphatic carboxylic acids is 1. The summed E-state index contributed by atoms with van der Waals surface area (Å²) in [5.41, 5.74) is 0. The number of hydrogen-bond donors (Lipinski definition) is 2. The van der Waals surface area contributed by atoms with Crippen molar-refractivity contribution in [2.75, 3.05) is 5.32 Å². The van der Waals surface area contributed by atoms with Gasteiger partial charge in [0.1, 0.15) is 0 Å². The van der Waals surface area contributed by atoms with Gasteiger partial charge < -0.3 is 10.4 Å². The molecule has 1 fully saturated rings. The molecule has 1 aromatic heterocycles. The minimum atomic E-state index is -0.883. The number of hydrogen-bond acceptors (Lipinski definition) is 4. The first kappa shape index (κ1) is 11.4. The monoisotopic (exact) mass is 264 g/mol. The van der Waals surface area contributed by atoms with Gasteiger partial charge >= 0.3 is 5.97 Å². The van der Waals surface area contributed by atoms with Gasteiger partial charge in [0.05, 0.1) is 11.8 Å². The number of allylic oxidation sites excluding steroid dienone is 2. The number of carbonyl (C=O) groups excluding carboxylic acids is 1. The number of aromatic nitrogens is 1. The number of rotatable bonds is 3. The second-order valence-electron chi connectivity index (χ2n) is 4.66. The minimum absolute atomic E-state index is 0.000421. The van der Waals surface area contributed by atoms with Gasteiger partial charge in [-0.25, -0.2) is 4.98 Å². The third-order valence-corrected chi connectivity index (χ3v) is 4.40. The van der Waals surface area contributed by atoms with Crippen molar-refractivity contribution in [3.63, 3.8) is 0 Å². The summed E-state index contributed by atoms with van der Waals surface area (Å²) in [7, 11) is 0. The molecule has 1 saturated carbocycles. The van der Waals surface area contributed by atoms with E-state index in [0.29, 0.717) is 5.13 Å². The number of carboxylic acid groups (broad SMARTS) is 1. The Morgan fingerprint density at radius 3 is 2.67 bits per heavy atom. The van der Waals surface area contributed by atoms with E-state index in [-0.39, 0.29) is 17.7 Å². The maximum Gasteiger partial charge on any atom is 0.307 e. The highest BCUT2D eigenvalue weighted by Gasteiger charge is 2.51. The number of amides is 1. The van der Waals surface area contributed by atoms with E-state index < -0.39 is 17.8 Å². The Morgan fingerprint density at radius 2 is 2.06 bits per heavy atom. The van der Waals surface area contributed by atoms with Crippen LogP contribution in [-0.2, 0) is 9.59 Å². The SMILES string of the molecule is O=C(O)[C@@H]1[C@H](C(=O)Nc2nccs2)[C@H]2C=C[C@H]1C2. The van der Waals surface area contributed by atoms with Gasteiger partial charge in [-0.2, -0.15) is 0 Å². The molecule has 0 aliphatic heterocycles. The summed E-state index contributed by atoms with van der Waals surface area (Å²) < 4.78 is 0. The molecule has 0 spiro atoms. The van der Waals surface area contributed by atoms with Crippen LogP contribution in [0.1, 0.15) is 6.42 Å². The Hall–Kier alpha value is -1.69. The molecule has 2 bridgehead atoms. The van der Waals surface area contributed by atoms with Crippen LogP contribution in [0.2, 0.25) is 0 Å². The van der Waals surface area contributed by atoms with Gasteiger partial charge in [0, 0.05) is 11.6 Å². The lowest BCUT2D eigenvalue weighted by Crippen LogP contribution is -2.36. The third-order valence-electron chi connectivity index (χ3n) is 3.71. The van der Waals surface area contributed by atoms with Crippen molar-refractivity contribution < 1.29 is 14.7 Å². The number of nitrogens with one attached hydrogen (secondary N) is 1. The van der Waals surface area contributed by atoms with E-state index in [2.05, 4.69) is 10.3 Å². The van der Waals surface area contributed by atoms with Gasteiger partial charge in [-0.3, -0.25) is 9.59 Å². The molecule has 2 N–H and O–H groups in total. The molecule has 4 atom stereocenters. The van der Waals surface area contributed by atoms with Crippen molar-refractivity contribution in [3.8, 4) is 0 Å². The number of fused-ring (bicyclic) bond motifs is 2. The molecule has 0 radical (unpaired) electrons. The maximum atomic E-state index is 12.2. The molecule has 1 aromatic rings. The molecule has 5 nitrogen and oxygen atoms in total. The van der Waals surface area contributed by atoms with Crippen LogP contribution in [-0.4, -0.2) is 22.0 Å².